The van der Waals surface area contributed by atoms with Crippen molar-refractivity contribution in [3.63, 3.8) is 0 Å². The number of carbonyl (C=O) groups is 4. The van der Waals surface area contributed by atoms with E-state index in [4.69, 9.17) is 23.9 Å². The number of likely N-dealkylation sites (N-methyl/N-ethyl adjacent to an activating group) is 1. The Labute approximate surface area is 387 Å². The summed E-state index contributed by atoms with van der Waals surface area (Å²) in [5.41, 5.74) is 3.30. The zero-order chi connectivity index (χ0) is 47.5. The van der Waals surface area contributed by atoms with Crippen LogP contribution in [0.1, 0.15) is 33.5 Å². The van der Waals surface area contributed by atoms with Crippen molar-refractivity contribution in [2.45, 2.75) is 25.7 Å². The van der Waals surface area contributed by atoms with E-state index in [1.165, 1.54) is 6.20 Å². The Morgan fingerprint density at radius 1 is 0.882 bits per heavy atom. The number of alkyl carbamates (subject to hydrolysis) is 1. The van der Waals surface area contributed by atoms with Gasteiger partial charge < -0.3 is 48.9 Å². The van der Waals surface area contributed by atoms with E-state index in [9.17, 15) is 29.2 Å². The largest absolute Gasteiger partial charge is 0.457 e. The molecule has 2 atom stereocenters. The lowest BCUT2D eigenvalue weighted by Gasteiger charge is -2.29. The van der Waals surface area contributed by atoms with Crippen LogP contribution in [0.15, 0.2) is 96.2 Å². The molecule has 4 aromatic heterocycles. The summed E-state index contributed by atoms with van der Waals surface area (Å²) in [5, 5.41) is 16.4. The fraction of sp³-hybridized carbons (Fsp3) is 0.265. The molecule has 2 aliphatic rings. The summed E-state index contributed by atoms with van der Waals surface area (Å²) in [5.74, 6) is -3.08. The first kappa shape index (κ1) is 44.8. The number of anilines is 2. The van der Waals surface area contributed by atoms with Gasteiger partial charge >= 0.3 is 24.0 Å². The Hall–Kier alpha value is -8.37. The van der Waals surface area contributed by atoms with Crippen LogP contribution in [0, 0.1) is 23.1 Å². The number of pyridine rings is 3. The quantitative estimate of drug-likeness (QED) is 0.0694. The number of likely N-dealkylation sites (tertiary alicyclic amines) is 1. The zero-order valence-electron chi connectivity index (χ0n) is 36.9. The third-order valence-corrected chi connectivity index (χ3v) is 12.2. The van der Waals surface area contributed by atoms with Crippen molar-refractivity contribution in [3.8, 4) is 17.2 Å². The molecule has 6 heterocycles. The van der Waals surface area contributed by atoms with Gasteiger partial charge in [-0.3, -0.25) is 14.4 Å². The van der Waals surface area contributed by atoms with Gasteiger partial charge in [-0.15, -0.1) is 0 Å². The lowest BCUT2D eigenvalue weighted by Crippen LogP contribution is -2.35. The van der Waals surface area contributed by atoms with Crippen molar-refractivity contribution in [2.75, 3.05) is 56.8 Å². The molecule has 9 rings (SSSR count). The summed E-state index contributed by atoms with van der Waals surface area (Å²) in [6, 6.07) is 22.9. The lowest BCUT2D eigenvalue weighted by molar-refractivity contribution is -0.165. The summed E-state index contributed by atoms with van der Waals surface area (Å²) in [7, 11) is 3.73. The Balaban J connectivity index is 1.000. The highest BCUT2D eigenvalue weighted by Gasteiger charge is 2.42. The maximum absolute atomic E-state index is 16.2. The van der Waals surface area contributed by atoms with Crippen LogP contribution < -0.4 is 21.0 Å². The highest BCUT2D eigenvalue weighted by Crippen LogP contribution is 2.47. The molecule has 1 amide bonds. The topological polar surface area (TPSA) is 223 Å². The number of aromatic nitrogens is 4. The van der Waals surface area contributed by atoms with Crippen molar-refractivity contribution in [1.82, 2.24) is 29.7 Å². The molecule has 0 saturated carbocycles. The lowest BCUT2D eigenvalue weighted by atomic mass is 9.98. The molecule has 0 bridgehead atoms. The number of amides is 1. The number of aryl methyl sites for hydroxylation is 1. The van der Waals surface area contributed by atoms with Gasteiger partial charge in [0.1, 0.15) is 55.0 Å². The maximum atomic E-state index is 16.2. The number of esters is 3. The molecule has 2 fully saturated rings. The number of ether oxygens (including phenoxy) is 4. The van der Waals surface area contributed by atoms with E-state index in [2.05, 4.69) is 37.4 Å². The van der Waals surface area contributed by atoms with Crippen LogP contribution in [-0.4, -0.2) is 101 Å². The summed E-state index contributed by atoms with van der Waals surface area (Å²) < 4.78 is 38.3. The predicted molar refractivity (Wildman–Crippen MR) is 247 cm³/mol. The molecule has 0 aliphatic carbocycles. The molecule has 68 heavy (non-hydrogen) atoms. The van der Waals surface area contributed by atoms with Crippen LogP contribution in [0.25, 0.3) is 44.1 Å². The first-order valence-corrected chi connectivity index (χ1v) is 21.7. The van der Waals surface area contributed by atoms with Crippen molar-refractivity contribution in [1.29, 1.82) is 5.26 Å². The normalized spacial score (nSPS) is 15.5. The van der Waals surface area contributed by atoms with E-state index in [0.29, 0.717) is 46.0 Å². The molecule has 2 saturated heterocycles. The average Bonchev–Trinajstić information content (AvgIpc) is 4.05. The van der Waals surface area contributed by atoms with Gasteiger partial charge in [0, 0.05) is 73.9 Å². The number of hydrogen-bond donors (Lipinski definition) is 3. The van der Waals surface area contributed by atoms with Gasteiger partial charge in [-0.1, -0.05) is 60.7 Å². The number of benzene rings is 3. The number of carbonyl (C=O) groups excluding carboxylic acids is 4. The standard InChI is InChI=1S/C49H44FN9O9/c1-57-22-30-13-14-59(38(30)24-57)44-34(31-15-32-45(62)35(23-58(2)47(32)54-18-31)48(63)65-25-28-9-5-3-6-10-28)19-53-46-42(44)41-33(17-51)36(50)16-37(43(41)56-46)52-20-39(60)67-27-68-40(61)21-55-49(64)66-26-29-11-7-4-8-12-29/h3-12,15-16,18-19,23,30,38,52H,13-14,20-22,24-27H2,1-2H3,(H,53,56)(H,55,64)/t30-,38+/m0/s1. The first-order valence-electron chi connectivity index (χ1n) is 21.7. The number of aromatic amines is 1. The van der Waals surface area contributed by atoms with E-state index in [1.54, 1.807) is 54.3 Å². The molecule has 7 aromatic rings. The smallest absolute Gasteiger partial charge is 0.407 e. The Morgan fingerprint density at radius 2 is 1.59 bits per heavy atom. The summed E-state index contributed by atoms with van der Waals surface area (Å²) in [6.07, 6.45) is 4.69. The molecule has 3 aromatic carbocycles. The molecule has 18 nitrogen and oxygen atoms in total. The van der Waals surface area contributed by atoms with E-state index >= 15 is 4.39 Å². The monoisotopic (exact) mass is 921 g/mol. The summed E-state index contributed by atoms with van der Waals surface area (Å²) >= 11 is 0. The molecular weight excluding hydrogens is 878 g/mol. The molecule has 2 aliphatic heterocycles. The molecular formula is C49H44FN9O9. The zero-order valence-corrected chi connectivity index (χ0v) is 36.9. The van der Waals surface area contributed by atoms with Crippen molar-refractivity contribution in [2.24, 2.45) is 13.0 Å². The average molecular weight is 922 g/mol. The van der Waals surface area contributed by atoms with E-state index in [1.807, 2.05) is 42.5 Å². The molecule has 19 heteroatoms. The molecule has 0 unspecified atom stereocenters. The highest BCUT2D eigenvalue weighted by molar-refractivity contribution is 6.20. The van der Waals surface area contributed by atoms with Crippen LogP contribution in [0.2, 0.25) is 0 Å². The molecule has 0 radical (unpaired) electrons. The van der Waals surface area contributed by atoms with Gasteiger partial charge in [-0.2, -0.15) is 5.26 Å². The Bertz CT molecular complexity index is 3210. The second kappa shape index (κ2) is 19.2. The van der Waals surface area contributed by atoms with Crippen LogP contribution >= 0.6 is 0 Å². The third kappa shape index (κ3) is 9.08. The molecule has 346 valence electrons. The van der Waals surface area contributed by atoms with E-state index in [-0.39, 0.29) is 52.4 Å². The fourth-order valence-corrected chi connectivity index (χ4v) is 9.00. The van der Waals surface area contributed by atoms with Gasteiger partial charge in [0.2, 0.25) is 12.2 Å². The number of rotatable bonds is 14. The van der Waals surface area contributed by atoms with Crippen LogP contribution in [0.4, 0.5) is 20.6 Å². The summed E-state index contributed by atoms with van der Waals surface area (Å²) in [6.45, 7) is 0.429. The van der Waals surface area contributed by atoms with Crippen molar-refractivity contribution < 1.29 is 42.5 Å². The van der Waals surface area contributed by atoms with Gasteiger partial charge in [0.05, 0.1) is 33.2 Å². The Kier molecular flexibility index (Phi) is 12.7. The number of nitrogens with one attached hydrogen (secondary N) is 3. The first-order chi connectivity index (χ1) is 33.0. The highest BCUT2D eigenvalue weighted by atomic mass is 19.1. The number of halogens is 1. The number of fused-ring (bicyclic) bond motifs is 5. The minimum atomic E-state index is -0.890. The molecule has 3 N–H and O–H groups in total. The second-order valence-corrected chi connectivity index (χ2v) is 16.6. The van der Waals surface area contributed by atoms with Crippen LogP contribution in [0.3, 0.4) is 0 Å². The van der Waals surface area contributed by atoms with Gasteiger partial charge in [-0.05, 0) is 36.6 Å². The number of nitrogens with zero attached hydrogens (tertiary/aromatic N) is 6. The van der Waals surface area contributed by atoms with Gasteiger partial charge in [0.15, 0.2) is 0 Å². The van der Waals surface area contributed by atoms with E-state index in [0.717, 1.165) is 36.7 Å². The number of H-pyrrole nitrogens is 1. The fourth-order valence-electron chi connectivity index (χ4n) is 9.00. The second-order valence-electron chi connectivity index (χ2n) is 16.6. The van der Waals surface area contributed by atoms with E-state index < -0.39 is 55.1 Å². The van der Waals surface area contributed by atoms with Crippen molar-refractivity contribution >= 4 is 68.3 Å². The van der Waals surface area contributed by atoms with Gasteiger partial charge in [0.25, 0.3) is 0 Å². The molecule has 0 spiro atoms. The SMILES string of the molecule is CN1C[C@@H]2CCN(c3c(-c4cnc5c(c4)c(=O)c(C(=O)OCc4ccccc4)cn5C)cnc4[nH]c5c(NCC(=O)OCOC(=O)CNC(=O)OCc6ccccc6)cc(F)c(C#N)c5c34)[C@@H]2C1. The minimum absolute atomic E-state index is 0.00148. The Morgan fingerprint density at radius 3 is 2.31 bits per heavy atom. The third-order valence-electron chi connectivity index (χ3n) is 12.2. The van der Waals surface area contributed by atoms with Gasteiger partial charge in [-0.25, -0.2) is 23.9 Å². The predicted octanol–water partition coefficient (Wildman–Crippen LogP) is 5.52. The number of hydrogen-bond acceptors (Lipinski definition) is 15. The van der Waals surface area contributed by atoms with Crippen LogP contribution in [-0.2, 0) is 48.8 Å². The maximum Gasteiger partial charge on any atom is 0.407 e. The number of nitriles is 1. The van der Waals surface area contributed by atoms with Crippen LogP contribution in [0.5, 0.6) is 0 Å². The van der Waals surface area contributed by atoms with Crippen molar-refractivity contribution in [3.05, 3.63) is 130 Å². The minimum Gasteiger partial charge on any atom is -0.457 e. The summed E-state index contributed by atoms with van der Waals surface area (Å²) in [4.78, 5) is 81.7.